The fourth-order valence-electron chi connectivity index (χ4n) is 3.29. The molecule has 0 saturated heterocycles. The summed E-state index contributed by atoms with van der Waals surface area (Å²) in [4.78, 5) is 21.2. The normalized spacial score (nSPS) is 14.6. The zero-order valence-electron chi connectivity index (χ0n) is 16.4. The van der Waals surface area contributed by atoms with Gasteiger partial charge < -0.3 is 9.64 Å². The number of nitro groups is 1. The number of anilines is 1. The predicted octanol–water partition coefficient (Wildman–Crippen LogP) is 3.41. The van der Waals surface area contributed by atoms with Gasteiger partial charge in [-0.2, -0.15) is 0 Å². The number of halogens is 1. The zero-order chi connectivity index (χ0) is 22.2. The Morgan fingerprint density at radius 3 is 2.87 bits per heavy atom. The maximum Gasteiger partial charge on any atom is 0.314 e. The number of aliphatic imine (C=N–C) groups is 2. The minimum absolute atomic E-state index is 0.126. The minimum atomic E-state index is -3.80. The van der Waals surface area contributed by atoms with Gasteiger partial charge >= 0.3 is 5.69 Å². The Morgan fingerprint density at radius 1 is 1.32 bits per heavy atom. The molecule has 12 heteroatoms. The van der Waals surface area contributed by atoms with E-state index >= 15 is 4.39 Å². The van der Waals surface area contributed by atoms with Gasteiger partial charge in [-0.15, -0.1) is 0 Å². The number of fused-ring (bicyclic) bond motifs is 3. The van der Waals surface area contributed by atoms with Gasteiger partial charge in [0.1, 0.15) is 11.6 Å². The summed E-state index contributed by atoms with van der Waals surface area (Å²) in [6.45, 7) is 2.95. The van der Waals surface area contributed by atoms with Crippen LogP contribution in [-0.2, 0) is 10.0 Å². The lowest BCUT2D eigenvalue weighted by Gasteiger charge is -2.21. The Labute approximate surface area is 177 Å². The molecule has 0 spiro atoms. The maximum absolute atomic E-state index is 15.1. The molecule has 0 unspecified atom stereocenters. The molecule has 2 aromatic carbocycles. The molecule has 162 valence electrons. The van der Waals surface area contributed by atoms with Crippen LogP contribution in [0.4, 0.5) is 21.5 Å². The van der Waals surface area contributed by atoms with Gasteiger partial charge in [-0.3, -0.25) is 19.8 Å². The van der Waals surface area contributed by atoms with Crippen molar-refractivity contribution in [1.29, 1.82) is 0 Å². The molecule has 4 rings (SSSR count). The van der Waals surface area contributed by atoms with Crippen molar-refractivity contribution in [2.24, 2.45) is 9.98 Å². The second-order valence-corrected chi connectivity index (χ2v) is 8.72. The van der Waals surface area contributed by atoms with Gasteiger partial charge in [0.15, 0.2) is 5.82 Å². The van der Waals surface area contributed by atoms with Crippen molar-refractivity contribution in [1.82, 2.24) is 4.90 Å². The molecule has 0 aromatic heterocycles. The van der Waals surface area contributed by atoms with Crippen LogP contribution < -0.4 is 9.46 Å². The summed E-state index contributed by atoms with van der Waals surface area (Å²) in [5.74, 6) is -1.27. The molecule has 0 amide bonds. The van der Waals surface area contributed by atoms with Gasteiger partial charge in [0.25, 0.3) is 0 Å². The van der Waals surface area contributed by atoms with E-state index in [1.807, 2.05) is 4.90 Å². The summed E-state index contributed by atoms with van der Waals surface area (Å²) in [6, 6.07) is 6.70. The summed E-state index contributed by atoms with van der Waals surface area (Å²) >= 11 is 0. The smallest absolute Gasteiger partial charge is 0.314 e. The first kappa shape index (κ1) is 20.7. The van der Waals surface area contributed by atoms with Gasteiger partial charge in [-0.25, -0.2) is 17.8 Å². The molecule has 10 nitrogen and oxygen atoms in total. The second-order valence-electron chi connectivity index (χ2n) is 6.88. The molecular weight excluding hydrogens is 429 g/mol. The van der Waals surface area contributed by atoms with Gasteiger partial charge in [0, 0.05) is 18.2 Å². The first-order valence-electron chi connectivity index (χ1n) is 9.44. The van der Waals surface area contributed by atoms with Crippen LogP contribution in [0.25, 0.3) is 0 Å². The monoisotopic (exact) mass is 447 g/mol. The third kappa shape index (κ3) is 4.06. The zero-order valence-corrected chi connectivity index (χ0v) is 17.2. The van der Waals surface area contributed by atoms with E-state index < -0.39 is 37.9 Å². The highest BCUT2D eigenvalue weighted by molar-refractivity contribution is 7.92. The summed E-state index contributed by atoms with van der Waals surface area (Å²) in [6.07, 6.45) is 2.00. The lowest BCUT2D eigenvalue weighted by molar-refractivity contribution is -0.385. The molecule has 0 fully saturated rings. The highest BCUT2D eigenvalue weighted by Gasteiger charge is 2.27. The number of nitrogens with one attached hydrogen (secondary N) is 1. The quantitative estimate of drug-likeness (QED) is 0.512. The van der Waals surface area contributed by atoms with E-state index in [0.29, 0.717) is 36.6 Å². The maximum atomic E-state index is 15.1. The van der Waals surface area contributed by atoms with Crippen LogP contribution in [0, 0.1) is 15.9 Å². The van der Waals surface area contributed by atoms with Crippen LogP contribution in [0.3, 0.4) is 0 Å². The molecule has 1 N–H and O–H groups in total. The van der Waals surface area contributed by atoms with Crippen molar-refractivity contribution in [3.05, 3.63) is 51.8 Å². The van der Waals surface area contributed by atoms with Crippen molar-refractivity contribution < 1.29 is 22.5 Å². The second kappa shape index (κ2) is 7.95. The average molecular weight is 447 g/mol. The minimum Gasteiger partial charge on any atom is -0.447 e. The number of ether oxygens (including phenoxy) is 1. The molecular formula is C19H18FN5O5S. The van der Waals surface area contributed by atoms with E-state index in [-0.39, 0.29) is 11.5 Å². The topological polar surface area (TPSA) is 126 Å². The van der Waals surface area contributed by atoms with Gasteiger partial charge in [0.05, 0.1) is 34.9 Å². The lowest BCUT2D eigenvalue weighted by Crippen LogP contribution is -2.29. The first-order valence-corrected chi connectivity index (χ1v) is 11.1. The molecule has 2 aromatic rings. The van der Waals surface area contributed by atoms with E-state index in [4.69, 9.17) is 4.74 Å². The Kier molecular flexibility index (Phi) is 5.31. The molecule has 2 aliphatic heterocycles. The molecule has 0 saturated carbocycles. The summed E-state index contributed by atoms with van der Waals surface area (Å²) < 4.78 is 46.8. The Balaban J connectivity index is 1.73. The Morgan fingerprint density at radius 2 is 2.13 bits per heavy atom. The van der Waals surface area contributed by atoms with Crippen molar-refractivity contribution in [3.63, 3.8) is 0 Å². The summed E-state index contributed by atoms with van der Waals surface area (Å²) in [7, 11) is -3.80. The average Bonchev–Trinajstić information content (AvgIpc) is 3.20. The number of benzene rings is 2. The first-order chi connectivity index (χ1) is 14.8. The Bertz CT molecular complexity index is 1230. The number of rotatable bonds is 7. The molecule has 2 heterocycles. The summed E-state index contributed by atoms with van der Waals surface area (Å²) in [5.41, 5.74) is 0.232. The van der Waals surface area contributed by atoms with Crippen LogP contribution >= 0.6 is 0 Å². The van der Waals surface area contributed by atoms with Crippen molar-refractivity contribution >= 4 is 39.3 Å². The highest BCUT2D eigenvalue weighted by atomic mass is 32.2. The van der Waals surface area contributed by atoms with E-state index in [1.54, 1.807) is 25.4 Å². The molecule has 0 aliphatic carbocycles. The van der Waals surface area contributed by atoms with E-state index in [0.717, 1.165) is 12.1 Å². The number of amidine groups is 1. The number of nitro benzene ring substituents is 1. The van der Waals surface area contributed by atoms with Gasteiger partial charge in [-0.1, -0.05) is 6.92 Å². The van der Waals surface area contributed by atoms with Crippen molar-refractivity contribution in [3.8, 4) is 11.5 Å². The summed E-state index contributed by atoms with van der Waals surface area (Å²) in [5, 5.41) is 11.4. The standard InChI is InChI=1S/C19H18FN5O5S/c1-2-9-31(28,29)23-15-5-6-16(25(26)27)18(17(15)20)30-12-3-4-14-13(10-12)19-21-7-8-24(19)11-22-14/h3-6,10-11,23H,2,7-9H2,1H3. The van der Waals surface area contributed by atoms with Crippen LogP contribution in [0.2, 0.25) is 0 Å². The number of sulfonamides is 1. The number of hydrogen-bond acceptors (Lipinski definition) is 8. The third-order valence-corrected chi connectivity index (χ3v) is 6.13. The number of hydrogen-bond donors (Lipinski definition) is 1. The number of nitrogens with zero attached hydrogens (tertiary/aromatic N) is 4. The van der Waals surface area contributed by atoms with E-state index in [9.17, 15) is 18.5 Å². The largest absolute Gasteiger partial charge is 0.447 e. The van der Waals surface area contributed by atoms with Crippen LogP contribution in [-0.4, -0.2) is 49.3 Å². The molecule has 0 bridgehead atoms. The van der Waals surface area contributed by atoms with Crippen LogP contribution in [0.1, 0.15) is 18.9 Å². The lowest BCUT2D eigenvalue weighted by atomic mass is 10.1. The molecule has 0 atom stereocenters. The molecule has 2 aliphatic rings. The molecule has 0 radical (unpaired) electrons. The van der Waals surface area contributed by atoms with Crippen molar-refractivity contribution in [2.75, 3.05) is 23.6 Å². The van der Waals surface area contributed by atoms with Crippen molar-refractivity contribution in [2.45, 2.75) is 13.3 Å². The van der Waals surface area contributed by atoms with E-state index in [2.05, 4.69) is 14.7 Å². The third-order valence-electron chi connectivity index (χ3n) is 4.65. The Hall–Kier alpha value is -3.54. The van der Waals surface area contributed by atoms with Gasteiger partial charge in [-0.05, 0) is 30.7 Å². The highest BCUT2D eigenvalue weighted by Crippen LogP contribution is 2.39. The molecule has 31 heavy (non-hydrogen) atoms. The predicted molar refractivity (Wildman–Crippen MR) is 114 cm³/mol. The van der Waals surface area contributed by atoms with Gasteiger partial charge in [0.2, 0.25) is 15.8 Å². The van der Waals surface area contributed by atoms with E-state index in [1.165, 1.54) is 6.07 Å². The fourth-order valence-corrected chi connectivity index (χ4v) is 4.42. The fraction of sp³-hybridized carbons (Fsp3) is 0.263. The van der Waals surface area contributed by atoms with Crippen LogP contribution in [0.15, 0.2) is 40.3 Å². The SMILES string of the molecule is CCCS(=O)(=O)Nc1ccc([N+](=O)[O-])c(Oc2ccc3c(c2)C2=NCCN2C=N3)c1F. The van der Waals surface area contributed by atoms with Crippen LogP contribution in [0.5, 0.6) is 11.5 Å².